The highest BCUT2D eigenvalue weighted by Gasteiger charge is 2.16. The fraction of sp³-hybridized carbons (Fsp3) is 1.00. The van der Waals surface area contributed by atoms with E-state index in [0.717, 1.165) is 5.92 Å². The average molecular weight is 190 g/mol. The Balaban J connectivity index is 3.86. The number of unbranched alkanes of at least 4 members (excludes halogenated alkanes) is 1. The van der Waals surface area contributed by atoms with Crippen LogP contribution in [0.3, 0.4) is 0 Å². The molecule has 0 spiro atoms. The molecule has 0 aliphatic heterocycles. The van der Waals surface area contributed by atoms with E-state index in [2.05, 4.69) is 34.0 Å². The first-order chi connectivity index (χ1) is 5.54. The Morgan fingerprint density at radius 2 is 1.75 bits per heavy atom. The molecule has 0 aliphatic carbocycles. The van der Waals surface area contributed by atoms with Crippen molar-refractivity contribution in [2.24, 2.45) is 5.92 Å². The molecule has 0 amide bonds. The molecule has 0 aromatic heterocycles. The molecule has 0 N–H and O–H groups in total. The van der Waals surface area contributed by atoms with Gasteiger partial charge in [0.1, 0.15) is 0 Å². The van der Waals surface area contributed by atoms with Crippen molar-refractivity contribution in [3.8, 4) is 0 Å². The molecule has 0 saturated heterocycles. The Bertz CT molecular complexity index is 110. The summed E-state index contributed by atoms with van der Waals surface area (Å²) in [6, 6.07) is 0. The van der Waals surface area contributed by atoms with Gasteiger partial charge in [-0.25, -0.2) is 10.0 Å². The molecule has 1 atom stereocenters. The van der Waals surface area contributed by atoms with Crippen LogP contribution < -0.4 is 0 Å². The molecule has 0 aromatic carbocycles. The zero-order valence-electron chi connectivity index (χ0n) is 9.52. The van der Waals surface area contributed by atoms with Crippen LogP contribution in [-0.4, -0.2) is 23.5 Å². The topological polar surface area (TPSA) is 0 Å². The van der Waals surface area contributed by atoms with Gasteiger partial charge in [0.05, 0.1) is 0 Å². The van der Waals surface area contributed by atoms with E-state index in [1.807, 2.05) is 0 Å². The Morgan fingerprint density at radius 1 is 1.17 bits per heavy atom. The van der Waals surface area contributed by atoms with Gasteiger partial charge in [0.15, 0.2) is 0 Å². The summed E-state index contributed by atoms with van der Waals surface area (Å²) in [4.78, 5) is 0. The maximum absolute atomic E-state index is 2.53. The second-order valence-corrected chi connectivity index (χ2v) is 8.66. The minimum Gasteiger partial charge on any atom is -0.244 e. The van der Waals surface area contributed by atoms with Crippen molar-refractivity contribution in [2.45, 2.75) is 40.5 Å². The molecule has 0 radical (unpaired) electrons. The van der Waals surface area contributed by atoms with Crippen LogP contribution in [0.5, 0.6) is 0 Å². The summed E-state index contributed by atoms with van der Waals surface area (Å²) in [7, 11) is -0.238. The lowest BCUT2D eigenvalue weighted by Gasteiger charge is -2.36. The fourth-order valence-corrected chi connectivity index (χ4v) is 4.93. The van der Waals surface area contributed by atoms with Crippen LogP contribution in [0.1, 0.15) is 40.5 Å². The van der Waals surface area contributed by atoms with Crippen LogP contribution in [-0.2, 0) is 0 Å². The maximum atomic E-state index is 2.53. The smallest absolute Gasteiger partial charge is 0.0207 e. The molecular weight excluding hydrogens is 164 g/mol. The molecular formula is C11H26S. The molecule has 0 nitrogen and oxygen atoms in total. The minimum atomic E-state index is -0.238. The summed E-state index contributed by atoms with van der Waals surface area (Å²) in [5, 5.41) is 0. The zero-order valence-corrected chi connectivity index (χ0v) is 10.3. The van der Waals surface area contributed by atoms with Gasteiger partial charge in [-0.05, 0) is 35.9 Å². The van der Waals surface area contributed by atoms with Gasteiger partial charge in [0.25, 0.3) is 0 Å². The Morgan fingerprint density at radius 3 is 2.08 bits per heavy atom. The van der Waals surface area contributed by atoms with E-state index in [4.69, 9.17) is 0 Å². The van der Waals surface area contributed by atoms with Gasteiger partial charge in [0, 0.05) is 0 Å². The SMILES string of the molecule is CCCCS(C)(CC)CC(C)C. The fourth-order valence-electron chi connectivity index (χ4n) is 1.64. The first-order valence-corrected chi connectivity index (χ1v) is 7.80. The third-order valence-corrected chi connectivity index (χ3v) is 6.56. The lowest BCUT2D eigenvalue weighted by Crippen LogP contribution is -2.14. The van der Waals surface area contributed by atoms with Gasteiger partial charge in [-0.15, -0.1) is 0 Å². The Labute approximate surface area is 80.4 Å². The molecule has 0 saturated carbocycles. The van der Waals surface area contributed by atoms with Crippen molar-refractivity contribution in [1.29, 1.82) is 0 Å². The van der Waals surface area contributed by atoms with Gasteiger partial charge in [-0.1, -0.05) is 34.1 Å². The molecule has 0 aromatic rings. The summed E-state index contributed by atoms with van der Waals surface area (Å²) in [5.74, 6) is 5.29. The van der Waals surface area contributed by atoms with Crippen LogP contribution >= 0.6 is 10.0 Å². The highest BCUT2D eigenvalue weighted by atomic mass is 32.3. The highest BCUT2D eigenvalue weighted by Crippen LogP contribution is 2.45. The van der Waals surface area contributed by atoms with Gasteiger partial charge in [-0.2, -0.15) is 0 Å². The first-order valence-electron chi connectivity index (χ1n) is 5.25. The maximum Gasteiger partial charge on any atom is -0.0207 e. The van der Waals surface area contributed by atoms with Gasteiger partial charge in [-0.3, -0.25) is 0 Å². The zero-order chi connectivity index (χ0) is 9.61. The largest absolute Gasteiger partial charge is 0.244 e. The van der Waals surface area contributed by atoms with Crippen LogP contribution in [0.25, 0.3) is 0 Å². The molecule has 0 aliphatic rings. The van der Waals surface area contributed by atoms with E-state index in [1.165, 1.54) is 30.1 Å². The third kappa shape index (κ3) is 5.08. The van der Waals surface area contributed by atoms with E-state index in [0.29, 0.717) is 0 Å². The first kappa shape index (κ1) is 12.3. The van der Waals surface area contributed by atoms with E-state index in [-0.39, 0.29) is 10.0 Å². The van der Waals surface area contributed by atoms with Crippen molar-refractivity contribution in [2.75, 3.05) is 23.5 Å². The second kappa shape index (κ2) is 5.90. The third-order valence-electron chi connectivity index (χ3n) is 2.42. The molecule has 0 bridgehead atoms. The van der Waals surface area contributed by atoms with Crippen molar-refractivity contribution in [3.05, 3.63) is 0 Å². The van der Waals surface area contributed by atoms with E-state index in [9.17, 15) is 0 Å². The molecule has 76 valence electrons. The standard InChI is InChI=1S/C11H26S/c1-6-8-9-12(5,7-2)10-11(3)4/h11H,6-10H2,1-5H3. The Kier molecular flexibility index (Phi) is 6.08. The van der Waals surface area contributed by atoms with Crippen LogP contribution in [0.15, 0.2) is 0 Å². The molecule has 0 heterocycles. The number of hydrogen-bond acceptors (Lipinski definition) is 0. The van der Waals surface area contributed by atoms with Gasteiger partial charge in [0.2, 0.25) is 0 Å². The minimum absolute atomic E-state index is 0.238. The predicted molar refractivity (Wildman–Crippen MR) is 63.5 cm³/mol. The van der Waals surface area contributed by atoms with Gasteiger partial charge < -0.3 is 0 Å². The predicted octanol–water partition coefficient (Wildman–Crippen LogP) is 3.90. The van der Waals surface area contributed by atoms with Crippen molar-refractivity contribution >= 4 is 10.0 Å². The monoisotopic (exact) mass is 190 g/mol. The average Bonchev–Trinajstić information content (AvgIpc) is 2.00. The van der Waals surface area contributed by atoms with E-state index >= 15 is 0 Å². The molecule has 12 heavy (non-hydrogen) atoms. The highest BCUT2D eigenvalue weighted by molar-refractivity contribution is 8.33. The van der Waals surface area contributed by atoms with E-state index < -0.39 is 0 Å². The van der Waals surface area contributed by atoms with Gasteiger partial charge >= 0.3 is 0 Å². The number of hydrogen-bond donors (Lipinski definition) is 0. The van der Waals surface area contributed by atoms with Crippen molar-refractivity contribution in [3.63, 3.8) is 0 Å². The molecule has 0 fully saturated rings. The summed E-state index contributed by atoms with van der Waals surface area (Å²) in [5.41, 5.74) is 0. The summed E-state index contributed by atoms with van der Waals surface area (Å²) in [6.07, 6.45) is 5.33. The quantitative estimate of drug-likeness (QED) is 0.596. The lowest BCUT2D eigenvalue weighted by atomic mass is 10.3. The van der Waals surface area contributed by atoms with Crippen molar-refractivity contribution < 1.29 is 0 Å². The van der Waals surface area contributed by atoms with Crippen LogP contribution in [0.2, 0.25) is 0 Å². The summed E-state index contributed by atoms with van der Waals surface area (Å²) < 4.78 is 0. The normalized spacial score (nSPS) is 19.2. The van der Waals surface area contributed by atoms with Crippen LogP contribution in [0.4, 0.5) is 0 Å². The van der Waals surface area contributed by atoms with Crippen molar-refractivity contribution in [1.82, 2.24) is 0 Å². The second-order valence-electron chi connectivity index (χ2n) is 4.39. The Hall–Kier alpha value is 0.350. The van der Waals surface area contributed by atoms with E-state index in [1.54, 1.807) is 0 Å². The molecule has 1 heteroatoms. The number of rotatable bonds is 6. The summed E-state index contributed by atoms with van der Waals surface area (Å²) >= 11 is 0. The molecule has 1 unspecified atom stereocenters. The molecule has 0 rings (SSSR count). The van der Waals surface area contributed by atoms with Crippen LogP contribution in [0, 0.1) is 5.92 Å². The lowest BCUT2D eigenvalue weighted by molar-refractivity contribution is 0.742. The summed E-state index contributed by atoms with van der Waals surface area (Å²) in [6.45, 7) is 9.37.